The van der Waals surface area contributed by atoms with E-state index in [2.05, 4.69) is 20.9 Å². The Morgan fingerprint density at radius 3 is 2.79 bits per heavy atom. The fourth-order valence-electron chi connectivity index (χ4n) is 0.952. The third kappa shape index (κ3) is 2.42. The molecular formula is C8H8BrClFNO2. The molecule has 6 heteroatoms. The van der Waals surface area contributed by atoms with Gasteiger partial charge in [0.1, 0.15) is 6.10 Å². The van der Waals surface area contributed by atoms with Gasteiger partial charge in [-0.1, -0.05) is 27.5 Å². The van der Waals surface area contributed by atoms with Crippen molar-refractivity contribution in [3.05, 3.63) is 28.8 Å². The first-order chi connectivity index (χ1) is 6.57. The van der Waals surface area contributed by atoms with Gasteiger partial charge in [0.05, 0.1) is 6.10 Å². The van der Waals surface area contributed by atoms with Crippen molar-refractivity contribution < 1.29 is 14.6 Å². The van der Waals surface area contributed by atoms with E-state index >= 15 is 0 Å². The Bertz CT molecular complexity index is 326. The second kappa shape index (κ2) is 5.02. The first kappa shape index (κ1) is 11.8. The maximum Gasteiger partial charge on any atom is 0.166 e. The van der Waals surface area contributed by atoms with Crippen LogP contribution >= 0.6 is 27.5 Å². The van der Waals surface area contributed by atoms with Gasteiger partial charge in [-0.05, 0) is 6.07 Å². The molecule has 1 heterocycles. The molecule has 0 saturated heterocycles. The van der Waals surface area contributed by atoms with Crippen LogP contribution in [-0.2, 0) is 0 Å². The summed E-state index contributed by atoms with van der Waals surface area (Å²) in [5.74, 6) is -0.804. The van der Waals surface area contributed by atoms with Gasteiger partial charge in [-0.15, -0.1) is 0 Å². The molecule has 0 aromatic carbocycles. The third-order valence-electron chi connectivity index (χ3n) is 1.72. The van der Waals surface area contributed by atoms with Gasteiger partial charge in [-0.2, -0.15) is 0 Å². The zero-order valence-corrected chi connectivity index (χ0v) is 9.33. The van der Waals surface area contributed by atoms with E-state index in [4.69, 9.17) is 11.6 Å². The molecule has 0 saturated carbocycles. The molecule has 1 rings (SSSR count). The summed E-state index contributed by atoms with van der Waals surface area (Å²) >= 11 is 8.39. The van der Waals surface area contributed by atoms with Crippen LogP contribution in [0.15, 0.2) is 12.3 Å². The van der Waals surface area contributed by atoms with Crippen molar-refractivity contribution >= 4 is 27.5 Å². The van der Waals surface area contributed by atoms with Gasteiger partial charge < -0.3 is 10.2 Å². The molecule has 2 unspecified atom stereocenters. The highest BCUT2D eigenvalue weighted by atomic mass is 79.9. The highest BCUT2D eigenvalue weighted by Crippen LogP contribution is 2.24. The largest absolute Gasteiger partial charge is 0.389 e. The Morgan fingerprint density at radius 2 is 2.21 bits per heavy atom. The van der Waals surface area contributed by atoms with E-state index in [9.17, 15) is 14.6 Å². The fraction of sp³-hybridized carbons (Fsp3) is 0.375. The van der Waals surface area contributed by atoms with Crippen molar-refractivity contribution in [1.29, 1.82) is 0 Å². The summed E-state index contributed by atoms with van der Waals surface area (Å²) in [6, 6.07) is 1.28. The smallest absolute Gasteiger partial charge is 0.166 e. The maximum atomic E-state index is 13.3. The van der Waals surface area contributed by atoms with Crippen LogP contribution in [0.3, 0.4) is 0 Å². The molecule has 0 amide bonds. The Balaban J connectivity index is 3.01. The highest BCUT2D eigenvalue weighted by molar-refractivity contribution is 9.09. The first-order valence-electron chi connectivity index (χ1n) is 3.80. The molecule has 0 aliphatic heterocycles. The minimum absolute atomic E-state index is 0.0584. The number of alkyl halides is 1. The molecule has 2 atom stereocenters. The molecule has 78 valence electrons. The van der Waals surface area contributed by atoms with Gasteiger partial charge >= 0.3 is 0 Å². The molecule has 1 aromatic rings. The maximum absolute atomic E-state index is 13.3. The molecule has 2 N–H and O–H groups in total. The molecule has 0 fully saturated rings. The third-order valence-corrected chi connectivity index (χ3v) is 2.64. The van der Waals surface area contributed by atoms with Crippen molar-refractivity contribution in [2.24, 2.45) is 0 Å². The second-order valence-electron chi connectivity index (χ2n) is 2.67. The van der Waals surface area contributed by atoms with Crippen molar-refractivity contribution in [2.45, 2.75) is 12.2 Å². The van der Waals surface area contributed by atoms with Crippen LogP contribution in [0.5, 0.6) is 0 Å². The average molecular weight is 285 g/mol. The quantitative estimate of drug-likeness (QED) is 0.656. The monoisotopic (exact) mass is 283 g/mol. The predicted molar refractivity (Wildman–Crippen MR) is 54.0 cm³/mol. The summed E-state index contributed by atoms with van der Waals surface area (Å²) in [4.78, 5) is 3.49. The van der Waals surface area contributed by atoms with Gasteiger partial charge in [0, 0.05) is 17.1 Å². The standard InChI is InChI=1S/C8H8BrClFNO2/c9-3-5(13)7(14)4-1-2-12-8(10)6(4)11/h1-2,5,7,13-14H,3H2. The van der Waals surface area contributed by atoms with Crippen LogP contribution in [0.1, 0.15) is 11.7 Å². The Labute approximate surface area is 93.7 Å². The van der Waals surface area contributed by atoms with Crippen LogP contribution in [0, 0.1) is 5.82 Å². The number of hydrogen-bond acceptors (Lipinski definition) is 3. The van der Waals surface area contributed by atoms with E-state index in [0.29, 0.717) is 0 Å². The van der Waals surface area contributed by atoms with Gasteiger partial charge in [-0.25, -0.2) is 9.37 Å². The summed E-state index contributed by atoms with van der Waals surface area (Å²) < 4.78 is 13.3. The summed E-state index contributed by atoms with van der Waals surface area (Å²) in [5.41, 5.74) is -0.0584. The summed E-state index contributed by atoms with van der Waals surface area (Å²) in [5, 5.41) is 18.6. The summed E-state index contributed by atoms with van der Waals surface area (Å²) in [7, 11) is 0. The molecule has 1 aromatic heterocycles. The molecular weight excluding hydrogens is 276 g/mol. The van der Waals surface area contributed by atoms with Crippen LogP contribution in [0.25, 0.3) is 0 Å². The van der Waals surface area contributed by atoms with E-state index < -0.39 is 18.0 Å². The molecule has 14 heavy (non-hydrogen) atoms. The minimum Gasteiger partial charge on any atom is -0.389 e. The van der Waals surface area contributed by atoms with Crippen LogP contribution < -0.4 is 0 Å². The zero-order chi connectivity index (χ0) is 10.7. The molecule has 0 bridgehead atoms. The second-order valence-corrected chi connectivity index (χ2v) is 3.68. The topological polar surface area (TPSA) is 53.4 Å². The number of rotatable bonds is 3. The van der Waals surface area contributed by atoms with Crippen LogP contribution in [-0.4, -0.2) is 26.6 Å². The normalized spacial score (nSPS) is 15.2. The van der Waals surface area contributed by atoms with Crippen molar-refractivity contribution in [3.63, 3.8) is 0 Å². The van der Waals surface area contributed by atoms with Crippen molar-refractivity contribution in [1.82, 2.24) is 4.98 Å². The van der Waals surface area contributed by atoms with E-state index in [1.807, 2.05) is 0 Å². The summed E-state index contributed by atoms with van der Waals surface area (Å²) in [6.45, 7) is 0. The van der Waals surface area contributed by atoms with Crippen molar-refractivity contribution in [2.75, 3.05) is 5.33 Å². The van der Waals surface area contributed by atoms with E-state index in [-0.39, 0.29) is 16.0 Å². The van der Waals surface area contributed by atoms with Crippen LogP contribution in [0.2, 0.25) is 5.15 Å². The molecule has 0 aliphatic carbocycles. The lowest BCUT2D eigenvalue weighted by Gasteiger charge is -2.16. The number of halogens is 3. The minimum atomic E-state index is -1.31. The Hall–Kier alpha value is -0.230. The molecule has 3 nitrogen and oxygen atoms in total. The zero-order valence-electron chi connectivity index (χ0n) is 6.99. The SMILES string of the molecule is OC(CBr)C(O)c1ccnc(Cl)c1F. The van der Waals surface area contributed by atoms with Gasteiger partial charge in [-0.3, -0.25) is 0 Å². The Morgan fingerprint density at radius 1 is 1.57 bits per heavy atom. The number of hydrogen-bond donors (Lipinski definition) is 2. The van der Waals surface area contributed by atoms with E-state index in [1.165, 1.54) is 12.3 Å². The van der Waals surface area contributed by atoms with E-state index in [1.54, 1.807) is 0 Å². The molecule has 0 aliphatic rings. The highest BCUT2D eigenvalue weighted by Gasteiger charge is 2.22. The predicted octanol–water partition coefficient (Wildman–Crippen LogP) is 1.66. The molecule has 0 spiro atoms. The fourth-order valence-corrected chi connectivity index (χ4v) is 1.47. The molecule has 0 radical (unpaired) electrons. The van der Waals surface area contributed by atoms with Crippen LogP contribution in [0.4, 0.5) is 4.39 Å². The summed E-state index contributed by atoms with van der Waals surface area (Å²) in [6.07, 6.45) is -1.12. The first-order valence-corrected chi connectivity index (χ1v) is 5.30. The van der Waals surface area contributed by atoms with E-state index in [0.717, 1.165) is 0 Å². The number of aliphatic hydroxyl groups excluding tert-OH is 2. The lowest BCUT2D eigenvalue weighted by atomic mass is 10.1. The lowest BCUT2D eigenvalue weighted by molar-refractivity contribution is 0.0319. The van der Waals surface area contributed by atoms with Gasteiger partial charge in [0.15, 0.2) is 11.0 Å². The average Bonchev–Trinajstić information content (AvgIpc) is 2.20. The van der Waals surface area contributed by atoms with Gasteiger partial charge in [0.25, 0.3) is 0 Å². The number of nitrogens with zero attached hydrogens (tertiary/aromatic N) is 1. The van der Waals surface area contributed by atoms with Gasteiger partial charge in [0.2, 0.25) is 0 Å². The number of aromatic nitrogens is 1. The lowest BCUT2D eigenvalue weighted by Crippen LogP contribution is -2.20. The number of aliphatic hydroxyl groups is 2. The Kier molecular flexibility index (Phi) is 4.25. The van der Waals surface area contributed by atoms with Crippen molar-refractivity contribution in [3.8, 4) is 0 Å². The number of pyridine rings is 1.